The van der Waals surface area contributed by atoms with Gasteiger partial charge in [0.2, 0.25) is 10.0 Å². The molecular weight excluding hydrogens is 372 g/mol. The van der Waals surface area contributed by atoms with E-state index in [9.17, 15) is 34.8 Å². The second kappa shape index (κ2) is 6.58. The van der Waals surface area contributed by atoms with Gasteiger partial charge in [-0.3, -0.25) is 4.72 Å². The number of benzene rings is 2. The van der Waals surface area contributed by atoms with Gasteiger partial charge in [-0.2, -0.15) is 26.3 Å². The van der Waals surface area contributed by atoms with Crippen molar-refractivity contribution < 1.29 is 34.8 Å². The zero-order valence-corrected chi connectivity index (χ0v) is 13.1. The molecular formula is C15H11F6NO2S. The molecule has 0 spiro atoms. The summed E-state index contributed by atoms with van der Waals surface area (Å²) in [5.41, 5.74) is -3.13. The van der Waals surface area contributed by atoms with Gasteiger partial charge < -0.3 is 0 Å². The Morgan fingerprint density at radius 1 is 0.840 bits per heavy atom. The molecule has 0 unspecified atom stereocenters. The first-order valence-electron chi connectivity index (χ1n) is 6.71. The molecule has 0 amide bonds. The highest BCUT2D eigenvalue weighted by Crippen LogP contribution is 2.35. The van der Waals surface area contributed by atoms with Crippen LogP contribution in [0.15, 0.2) is 48.5 Å². The van der Waals surface area contributed by atoms with E-state index in [-0.39, 0.29) is 5.56 Å². The van der Waals surface area contributed by atoms with Gasteiger partial charge in [0.25, 0.3) is 0 Å². The number of hydrogen-bond acceptors (Lipinski definition) is 2. The molecule has 3 nitrogen and oxygen atoms in total. The van der Waals surface area contributed by atoms with Gasteiger partial charge in [-0.05, 0) is 23.8 Å². The Morgan fingerprint density at radius 3 is 2.08 bits per heavy atom. The van der Waals surface area contributed by atoms with Crippen molar-refractivity contribution >= 4 is 15.7 Å². The molecule has 2 rings (SSSR count). The molecule has 2 aromatic carbocycles. The summed E-state index contributed by atoms with van der Waals surface area (Å²) in [6.45, 7) is 0. The van der Waals surface area contributed by atoms with Gasteiger partial charge in [-0.15, -0.1) is 0 Å². The van der Waals surface area contributed by atoms with Crippen LogP contribution in [0.1, 0.15) is 16.7 Å². The van der Waals surface area contributed by atoms with Gasteiger partial charge in [0.1, 0.15) is 0 Å². The molecule has 10 heteroatoms. The van der Waals surface area contributed by atoms with E-state index in [0.29, 0.717) is 12.1 Å². The molecule has 0 aliphatic carbocycles. The summed E-state index contributed by atoms with van der Waals surface area (Å²) in [5, 5.41) is 0. The summed E-state index contributed by atoms with van der Waals surface area (Å²) >= 11 is 0. The van der Waals surface area contributed by atoms with Crippen molar-refractivity contribution in [3.8, 4) is 0 Å². The fourth-order valence-corrected chi connectivity index (χ4v) is 3.28. The first kappa shape index (κ1) is 19.1. The summed E-state index contributed by atoms with van der Waals surface area (Å²) in [7, 11) is -4.35. The molecule has 0 aromatic heterocycles. The summed E-state index contributed by atoms with van der Waals surface area (Å²) < 4.78 is 102. The number of sulfonamides is 1. The molecule has 0 fully saturated rings. The van der Waals surface area contributed by atoms with Gasteiger partial charge in [0.05, 0.1) is 22.6 Å². The fraction of sp³-hybridized carbons (Fsp3) is 0.200. The number of rotatable bonds is 4. The Bertz CT molecular complexity index is 859. The zero-order chi connectivity index (χ0) is 18.9. The van der Waals surface area contributed by atoms with Crippen LogP contribution in [0.2, 0.25) is 0 Å². The van der Waals surface area contributed by atoms with Gasteiger partial charge in [-0.25, -0.2) is 8.42 Å². The number of alkyl halides is 6. The topological polar surface area (TPSA) is 46.2 Å². The van der Waals surface area contributed by atoms with Crippen LogP contribution >= 0.6 is 0 Å². The van der Waals surface area contributed by atoms with Crippen LogP contribution in [0.25, 0.3) is 0 Å². The fourth-order valence-electron chi connectivity index (χ4n) is 2.08. The Morgan fingerprint density at radius 2 is 1.48 bits per heavy atom. The summed E-state index contributed by atoms with van der Waals surface area (Å²) in [6.07, 6.45) is -9.44. The molecule has 25 heavy (non-hydrogen) atoms. The molecule has 0 saturated heterocycles. The maximum Gasteiger partial charge on any atom is 0.418 e. The highest BCUT2D eigenvalue weighted by atomic mass is 32.2. The lowest BCUT2D eigenvalue weighted by Gasteiger charge is -2.15. The normalized spacial score (nSPS) is 12.9. The summed E-state index contributed by atoms with van der Waals surface area (Å²) in [4.78, 5) is 0. The molecule has 136 valence electrons. The maximum absolute atomic E-state index is 12.9. The molecule has 0 saturated carbocycles. The number of hydrogen-bond donors (Lipinski definition) is 1. The quantitative estimate of drug-likeness (QED) is 0.781. The van der Waals surface area contributed by atoms with Gasteiger partial charge >= 0.3 is 12.4 Å². The molecule has 0 aliphatic heterocycles. The van der Waals surface area contributed by atoms with Crippen LogP contribution in [0.3, 0.4) is 0 Å². The number of nitrogens with one attached hydrogen (secondary N) is 1. The van der Waals surface area contributed by atoms with Crippen LogP contribution in [0, 0.1) is 0 Å². The van der Waals surface area contributed by atoms with Crippen LogP contribution in [0.5, 0.6) is 0 Å². The second-order valence-corrected chi connectivity index (χ2v) is 6.82. The number of halogens is 6. The molecule has 1 N–H and O–H groups in total. The standard InChI is InChI=1S/C15H11F6NO2S/c16-14(17,18)11-5-3-4-10(8-11)9-25(23,24)22-13-7-2-1-6-12(13)15(19,20)21/h1-8,22H,9H2. The molecule has 2 aromatic rings. The van der Waals surface area contributed by atoms with Crippen molar-refractivity contribution in [2.45, 2.75) is 18.1 Å². The van der Waals surface area contributed by atoms with Crippen molar-refractivity contribution in [1.29, 1.82) is 0 Å². The maximum atomic E-state index is 12.9. The molecule has 0 heterocycles. The van der Waals surface area contributed by atoms with Gasteiger partial charge in [-0.1, -0.05) is 30.3 Å². The van der Waals surface area contributed by atoms with Crippen molar-refractivity contribution in [3.63, 3.8) is 0 Å². The lowest BCUT2D eigenvalue weighted by molar-refractivity contribution is -0.138. The van der Waals surface area contributed by atoms with Gasteiger partial charge in [0.15, 0.2) is 0 Å². The third-order valence-electron chi connectivity index (χ3n) is 3.11. The largest absolute Gasteiger partial charge is 0.418 e. The van der Waals surface area contributed by atoms with E-state index in [4.69, 9.17) is 0 Å². The van der Waals surface area contributed by atoms with Crippen LogP contribution < -0.4 is 4.72 Å². The van der Waals surface area contributed by atoms with E-state index in [0.717, 1.165) is 30.3 Å². The molecule has 0 radical (unpaired) electrons. The van der Waals surface area contributed by atoms with Crippen LogP contribution in [-0.4, -0.2) is 8.42 Å². The van der Waals surface area contributed by atoms with E-state index in [1.807, 2.05) is 0 Å². The van der Waals surface area contributed by atoms with E-state index < -0.39 is 44.9 Å². The van der Waals surface area contributed by atoms with Crippen molar-refractivity contribution in [2.24, 2.45) is 0 Å². The van der Waals surface area contributed by atoms with Crippen molar-refractivity contribution in [2.75, 3.05) is 4.72 Å². The Hall–Kier alpha value is -2.23. The average molecular weight is 383 g/mol. The first-order chi connectivity index (χ1) is 11.4. The predicted molar refractivity (Wildman–Crippen MR) is 79.1 cm³/mol. The van der Waals surface area contributed by atoms with E-state index in [1.54, 1.807) is 4.72 Å². The van der Waals surface area contributed by atoms with Crippen LogP contribution in [-0.2, 0) is 28.1 Å². The van der Waals surface area contributed by atoms with Crippen LogP contribution in [0.4, 0.5) is 32.0 Å². The Kier molecular flexibility index (Phi) is 5.03. The monoisotopic (exact) mass is 383 g/mol. The summed E-state index contributed by atoms with van der Waals surface area (Å²) in [5.74, 6) is -0.900. The smallest absolute Gasteiger partial charge is 0.283 e. The highest BCUT2D eigenvalue weighted by molar-refractivity contribution is 7.91. The number of anilines is 1. The van der Waals surface area contributed by atoms with Crippen molar-refractivity contribution in [3.05, 3.63) is 65.2 Å². The Labute approximate surface area is 139 Å². The van der Waals surface area contributed by atoms with E-state index in [2.05, 4.69) is 0 Å². The minimum absolute atomic E-state index is 0.202. The zero-order valence-electron chi connectivity index (χ0n) is 12.3. The molecule has 0 aliphatic rings. The molecule has 0 bridgehead atoms. The predicted octanol–water partition coefficient (Wildman–Crippen LogP) is 4.67. The third kappa shape index (κ3) is 5.12. The first-order valence-corrected chi connectivity index (χ1v) is 8.36. The van der Waals surface area contributed by atoms with E-state index in [1.165, 1.54) is 6.07 Å². The SMILES string of the molecule is O=S(=O)(Cc1cccc(C(F)(F)F)c1)Nc1ccccc1C(F)(F)F. The third-order valence-corrected chi connectivity index (χ3v) is 4.35. The summed E-state index contributed by atoms with van der Waals surface area (Å²) in [6, 6.07) is 7.48. The second-order valence-electron chi connectivity index (χ2n) is 5.10. The average Bonchev–Trinajstić information content (AvgIpc) is 2.45. The minimum atomic E-state index is -4.78. The highest BCUT2D eigenvalue weighted by Gasteiger charge is 2.34. The number of para-hydroxylation sites is 1. The molecule has 0 atom stereocenters. The van der Waals surface area contributed by atoms with E-state index >= 15 is 0 Å². The van der Waals surface area contributed by atoms with Crippen molar-refractivity contribution in [1.82, 2.24) is 0 Å². The lowest BCUT2D eigenvalue weighted by atomic mass is 10.1. The Balaban J connectivity index is 2.28. The minimum Gasteiger partial charge on any atom is -0.283 e. The van der Waals surface area contributed by atoms with Gasteiger partial charge in [0, 0.05) is 0 Å². The lowest BCUT2D eigenvalue weighted by Crippen LogP contribution is -2.19.